The van der Waals surface area contributed by atoms with Crippen LogP contribution in [-0.2, 0) is 0 Å². The zero-order valence-electron chi connectivity index (χ0n) is 12.2. The van der Waals surface area contributed by atoms with E-state index < -0.39 is 0 Å². The van der Waals surface area contributed by atoms with Crippen LogP contribution in [0, 0.1) is 12.7 Å². The number of hydrogen-bond acceptors (Lipinski definition) is 2. The summed E-state index contributed by atoms with van der Waals surface area (Å²) in [5.74, 6) is 1.91. The second-order valence-electron chi connectivity index (χ2n) is 5.57. The molecule has 0 aromatic heterocycles. The lowest BCUT2D eigenvalue weighted by Crippen LogP contribution is -2.26. The number of aryl methyl sites for hydroxylation is 1. The SMILES string of the molecule is Cc1cc(F)ccc1Oc1ccccc1C1CCNCC1. The third-order valence-corrected chi connectivity index (χ3v) is 4.05. The van der Waals surface area contributed by atoms with Crippen LogP contribution in [-0.4, -0.2) is 13.1 Å². The van der Waals surface area contributed by atoms with E-state index in [0.29, 0.717) is 5.92 Å². The van der Waals surface area contributed by atoms with E-state index in [2.05, 4.69) is 17.4 Å². The van der Waals surface area contributed by atoms with Gasteiger partial charge in [0.2, 0.25) is 0 Å². The van der Waals surface area contributed by atoms with Crippen LogP contribution in [0.4, 0.5) is 4.39 Å². The van der Waals surface area contributed by atoms with E-state index in [0.717, 1.165) is 43.0 Å². The average molecular weight is 285 g/mol. The van der Waals surface area contributed by atoms with Gasteiger partial charge in [-0.2, -0.15) is 0 Å². The van der Waals surface area contributed by atoms with Gasteiger partial charge in [0.25, 0.3) is 0 Å². The van der Waals surface area contributed by atoms with Gasteiger partial charge in [0, 0.05) is 0 Å². The van der Waals surface area contributed by atoms with E-state index >= 15 is 0 Å². The van der Waals surface area contributed by atoms with Gasteiger partial charge in [-0.1, -0.05) is 18.2 Å². The van der Waals surface area contributed by atoms with Crippen LogP contribution < -0.4 is 10.1 Å². The van der Waals surface area contributed by atoms with E-state index in [1.165, 1.54) is 17.7 Å². The standard InChI is InChI=1S/C18H20FNO/c1-13-12-15(19)6-7-17(13)21-18-5-3-2-4-16(18)14-8-10-20-11-9-14/h2-7,12,14,20H,8-11H2,1H3. The third kappa shape index (κ3) is 3.24. The van der Waals surface area contributed by atoms with Crippen molar-refractivity contribution >= 4 is 0 Å². The predicted molar refractivity (Wildman–Crippen MR) is 82.5 cm³/mol. The van der Waals surface area contributed by atoms with Crippen molar-refractivity contribution < 1.29 is 9.13 Å². The molecule has 0 bridgehead atoms. The summed E-state index contributed by atoms with van der Waals surface area (Å²) in [5.41, 5.74) is 2.07. The summed E-state index contributed by atoms with van der Waals surface area (Å²) >= 11 is 0. The molecule has 2 nitrogen and oxygen atoms in total. The van der Waals surface area contributed by atoms with E-state index in [9.17, 15) is 4.39 Å². The summed E-state index contributed by atoms with van der Waals surface area (Å²) in [4.78, 5) is 0. The summed E-state index contributed by atoms with van der Waals surface area (Å²) in [6.07, 6.45) is 2.26. The first kappa shape index (κ1) is 14.1. The van der Waals surface area contributed by atoms with Crippen molar-refractivity contribution in [3.05, 3.63) is 59.4 Å². The highest BCUT2D eigenvalue weighted by Crippen LogP contribution is 2.35. The normalized spacial score (nSPS) is 15.9. The lowest BCUT2D eigenvalue weighted by Gasteiger charge is -2.25. The molecule has 1 aliphatic heterocycles. The van der Waals surface area contributed by atoms with Gasteiger partial charge in [0.1, 0.15) is 17.3 Å². The quantitative estimate of drug-likeness (QED) is 0.903. The Balaban J connectivity index is 1.88. The van der Waals surface area contributed by atoms with Crippen molar-refractivity contribution in [2.45, 2.75) is 25.7 Å². The lowest BCUT2D eigenvalue weighted by molar-refractivity contribution is 0.428. The molecule has 0 saturated carbocycles. The number of rotatable bonds is 3. The highest BCUT2D eigenvalue weighted by Gasteiger charge is 2.19. The molecule has 21 heavy (non-hydrogen) atoms. The van der Waals surface area contributed by atoms with Crippen molar-refractivity contribution in [1.29, 1.82) is 0 Å². The van der Waals surface area contributed by atoms with Gasteiger partial charge in [-0.05, 0) is 74.2 Å². The van der Waals surface area contributed by atoms with Crippen molar-refractivity contribution in [2.75, 3.05) is 13.1 Å². The number of para-hydroxylation sites is 1. The van der Waals surface area contributed by atoms with E-state index in [4.69, 9.17) is 4.74 Å². The van der Waals surface area contributed by atoms with Crippen molar-refractivity contribution in [3.63, 3.8) is 0 Å². The molecule has 0 aliphatic carbocycles. The number of hydrogen-bond donors (Lipinski definition) is 1. The predicted octanol–water partition coefficient (Wildman–Crippen LogP) is 4.39. The summed E-state index contributed by atoms with van der Waals surface area (Å²) < 4.78 is 19.3. The van der Waals surface area contributed by atoms with Crippen LogP contribution in [0.5, 0.6) is 11.5 Å². The summed E-state index contributed by atoms with van der Waals surface area (Å²) in [5, 5.41) is 3.39. The summed E-state index contributed by atoms with van der Waals surface area (Å²) in [6, 6.07) is 12.8. The third-order valence-electron chi connectivity index (χ3n) is 4.05. The van der Waals surface area contributed by atoms with Crippen molar-refractivity contribution in [3.8, 4) is 11.5 Å². The molecular formula is C18H20FNO. The highest BCUT2D eigenvalue weighted by molar-refractivity contribution is 5.42. The fraction of sp³-hybridized carbons (Fsp3) is 0.333. The Morgan fingerprint density at radius 1 is 1.05 bits per heavy atom. The molecule has 2 aromatic rings. The Morgan fingerprint density at radius 2 is 1.81 bits per heavy atom. The number of halogens is 1. The number of piperidine rings is 1. The first-order valence-corrected chi connectivity index (χ1v) is 7.47. The molecule has 0 unspecified atom stereocenters. The van der Waals surface area contributed by atoms with Crippen LogP contribution >= 0.6 is 0 Å². The molecule has 3 rings (SSSR count). The lowest BCUT2D eigenvalue weighted by atomic mass is 9.89. The van der Waals surface area contributed by atoms with Gasteiger partial charge in [-0.25, -0.2) is 4.39 Å². The highest BCUT2D eigenvalue weighted by atomic mass is 19.1. The molecule has 0 amide bonds. The Morgan fingerprint density at radius 3 is 2.57 bits per heavy atom. The van der Waals surface area contributed by atoms with E-state index in [1.54, 1.807) is 6.07 Å². The molecule has 0 atom stereocenters. The Hall–Kier alpha value is -1.87. The zero-order chi connectivity index (χ0) is 14.7. The molecule has 1 aliphatic rings. The molecule has 0 spiro atoms. The maximum absolute atomic E-state index is 13.2. The fourth-order valence-electron chi connectivity index (χ4n) is 2.89. The van der Waals surface area contributed by atoms with Gasteiger partial charge >= 0.3 is 0 Å². The van der Waals surface area contributed by atoms with Crippen LogP contribution in [0.3, 0.4) is 0 Å². The molecule has 1 saturated heterocycles. The van der Waals surface area contributed by atoms with Crippen molar-refractivity contribution in [2.24, 2.45) is 0 Å². The summed E-state index contributed by atoms with van der Waals surface area (Å²) in [6.45, 7) is 3.97. The van der Waals surface area contributed by atoms with E-state index in [1.807, 2.05) is 19.1 Å². The molecule has 1 N–H and O–H groups in total. The second-order valence-corrected chi connectivity index (χ2v) is 5.57. The molecule has 0 radical (unpaired) electrons. The maximum Gasteiger partial charge on any atom is 0.130 e. The molecular weight excluding hydrogens is 265 g/mol. The van der Waals surface area contributed by atoms with Gasteiger partial charge in [-0.3, -0.25) is 0 Å². The fourth-order valence-corrected chi connectivity index (χ4v) is 2.89. The van der Waals surface area contributed by atoms with Gasteiger partial charge in [0.15, 0.2) is 0 Å². The topological polar surface area (TPSA) is 21.3 Å². The Kier molecular flexibility index (Phi) is 4.20. The first-order chi connectivity index (χ1) is 10.2. The monoisotopic (exact) mass is 285 g/mol. The molecule has 2 aromatic carbocycles. The largest absolute Gasteiger partial charge is 0.457 e. The van der Waals surface area contributed by atoms with Crippen LogP contribution in [0.15, 0.2) is 42.5 Å². The summed E-state index contributed by atoms with van der Waals surface area (Å²) in [7, 11) is 0. The maximum atomic E-state index is 13.2. The molecule has 3 heteroatoms. The minimum atomic E-state index is -0.230. The molecule has 1 heterocycles. The molecule has 110 valence electrons. The van der Waals surface area contributed by atoms with E-state index in [-0.39, 0.29) is 5.82 Å². The minimum absolute atomic E-state index is 0.230. The van der Waals surface area contributed by atoms with Gasteiger partial charge in [0.05, 0.1) is 0 Å². The number of nitrogens with one attached hydrogen (secondary N) is 1. The second kappa shape index (κ2) is 6.27. The smallest absolute Gasteiger partial charge is 0.130 e. The van der Waals surface area contributed by atoms with Crippen molar-refractivity contribution in [1.82, 2.24) is 5.32 Å². The zero-order valence-corrected chi connectivity index (χ0v) is 12.2. The first-order valence-electron chi connectivity index (χ1n) is 7.47. The minimum Gasteiger partial charge on any atom is -0.457 e. The molecule has 1 fully saturated rings. The van der Waals surface area contributed by atoms with Crippen LogP contribution in [0.2, 0.25) is 0 Å². The Labute approximate surface area is 125 Å². The number of benzene rings is 2. The van der Waals surface area contributed by atoms with Crippen LogP contribution in [0.1, 0.15) is 29.9 Å². The number of ether oxygens (including phenoxy) is 1. The van der Waals surface area contributed by atoms with Gasteiger partial charge < -0.3 is 10.1 Å². The van der Waals surface area contributed by atoms with Gasteiger partial charge in [-0.15, -0.1) is 0 Å². The Bertz CT molecular complexity index is 620. The van der Waals surface area contributed by atoms with Crippen LogP contribution in [0.25, 0.3) is 0 Å². The average Bonchev–Trinajstić information content (AvgIpc) is 2.51.